The third-order valence-corrected chi connectivity index (χ3v) is 1.86. The monoisotopic (exact) mass is 219 g/mol. The molecule has 0 unspecified atom stereocenters. The number of alkyl halides is 2. The van der Waals surface area contributed by atoms with Gasteiger partial charge in [-0.25, -0.2) is 13.8 Å². The van der Waals surface area contributed by atoms with Crippen LogP contribution in [0.4, 0.5) is 8.78 Å². The molecule has 15 heavy (non-hydrogen) atoms. The Morgan fingerprint density at radius 2 is 2.07 bits per heavy atom. The first-order valence-corrected chi connectivity index (χ1v) is 4.14. The first-order valence-electron chi connectivity index (χ1n) is 4.14. The molecule has 0 saturated heterocycles. The molecule has 6 heteroatoms. The van der Waals surface area contributed by atoms with Crippen molar-refractivity contribution in [3.05, 3.63) is 17.3 Å². The topological polar surface area (TPSA) is 51.6 Å². The summed E-state index contributed by atoms with van der Waals surface area (Å²) in [6.45, 7) is -0.386. The number of methoxy groups -OCH3 is 2. The van der Waals surface area contributed by atoms with E-state index in [9.17, 15) is 8.78 Å². The Balaban J connectivity index is 3.29. The van der Waals surface area contributed by atoms with Crippen LogP contribution in [0.25, 0.3) is 0 Å². The molecule has 0 radical (unpaired) electrons. The largest absolute Gasteiger partial charge is 0.496 e. The van der Waals surface area contributed by atoms with E-state index in [-0.39, 0.29) is 23.8 Å². The van der Waals surface area contributed by atoms with Crippen molar-refractivity contribution in [1.82, 2.24) is 4.98 Å². The van der Waals surface area contributed by atoms with E-state index >= 15 is 0 Å². The van der Waals surface area contributed by atoms with E-state index < -0.39 is 12.1 Å². The third-order valence-electron chi connectivity index (χ3n) is 1.86. The average molecular weight is 219 g/mol. The first-order chi connectivity index (χ1) is 7.13. The summed E-state index contributed by atoms with van der Waals surface area (Å²) in [6.07, 6.45) is -2.71. The fourth-order valence-electron chi connectivity index (χ4n) is 1.15. The Labute approximate surface area is 85.5 Å². The molecule has 1 rings (SSSR count). The van der Waals surface area contributed by atoms with Gasteiger partial charge in [0.15, 0.2) is 0 Å². The molecular formula is C9H11F2NO3. The number of nitrogens with zero attached hydrogens (tertiary/aromatic N) is 1. The highest BCUT2D eigenvalue weighted by Gasteiger charge is 2.18. The summed E-state index contributed by atoms with van der Waals surface area (Å²) in [4.78, 5) is 3.56. The third kappa shape index (κ3) is 2.33. The van der Waals surface area contributed by atoms with Crippen molar-refractivity contribution in [2.24, 2.45) is 0 Å². The van der Waals surface area contributed by atoms with Crippen molar-refractivity contribution in [3.63, 3.8) is 0 Å². The molecule has 1 heterocycles. The molecule has 0 aliphatic rings. The number of aliphatic hydroxyl groups is 1. The van der Waals surface area contributed by atoms with Crippen LogP contribution < -0.4 is 9.47 Å². The molecule has 84 valence electrons. The van der Waals surface area contributed by atoms with Crippen molar-refractivity contribution in [2.45, 2.75) is 13.0 Å². The molecule has 1 aromatic heterocycles. The Bertz CT molecular complexity index is 319. The molecule has 0 amide bonds. The maximum absolute atomic E-state index is 12.4. The number of hydrogen-bond acceptors (Lipinski definition) is 4. The molecule has 1 N–H and O–H groups in total. The second kappa shape index (κ2) is 4.88. The van der Waals surface area contributed by atoms with E-state index in [2.05, 4.69) is 4.98 Å². The summed E-state index contributed by atoms with van der Waals surface area (Å²) in [5.74, 6) is 0.0896. The number of pyridine rings is 1. The van der Waals surface area contributed by atoms with E-state index in [0.717, 1.165) is 6.07 Å². The van der Waals surface area contributed by atoms with Gasteiger partial charge in [0, 0.05) is 6.07 Å². The number of hydrogen-bond donors (Lipinski definition) is 1. The SMILES string of the molecule is COc1cc(C(F)F)nc(OC)c1CO. The predicted molar refractivity (Wildman–Crippen MR) is 48.2 cm³/mol. The molecule has 0 fully saturated rings. The minimum absolute atomic E-state index is 0.0489. The van der Waals surface area contributed by atoms with Crippen LogP contribution in [0.1, 0.15) is 17.7 Å². The van der Waals surface area contributed by atoms with Gasteiger partial charge in [-0.2, -0.15) is 0 Å². The van der Waals surface area contributed by atoms with Crippen molar-refractivity contribution in [2.75, 3.05) is 14.2 Å². The molecule has 0 spiro atoms. The van der Waals surface area contributed by atoms with Crippen LogP contribution in [-0.2, 0) is 6.61 Å². The maximum atomic E-state index is 12.4. The van der Waals surface area contributed by atoms with Gasteiger partial charge in [0.25, 0.3) is 6.43 Å². The molecule has 0 saturated carbocycles. The van der Waals surface area contributed by atoms with Crippen LogP contribution in [0, 0.1) is 0 Å². The zero-order valence-electron chi connectivity index (χ0n) is 8.33. The van der Waals surface area contributed by atoms with Gasteiger partial charge in [-0.3, -0.25) is 0 Å². The van der Waals surface area contributed by atoms with Gasteiger partial charge in [0.05, 0.1) is 26.4 Å². The lowest BCUT2D eigenvalue weighted by molar-refractivity contribution is 0.144. The van der Waals surface area contributed by atoms with Crippen molar-refractivity contribution in [1.29, 1.82) is 0 Å². The van der Waals surface area contributed by atoms with E-state index in [0.29, 0.717) is 0 Å². The van der Waals surface area contributed by atoms with Crippen molar-refractivity contribution in [3.8, 4) is 11.6 Å². The minimum Gasteiger partial charge on any atom is -0.496 e. The summed E-state index contributed by atoms with van der Waals surface area (Å²) in [7, 11) is 2.61. The van der Waals surface area contributed by atoms with Crippen molar-refractivity contribution >= 4 is 0 Å². The Morgan fingerprint density at radius 1 is 1.40 bits per heavy atom. The smallest absolute Gasteiger partial charge is 0.280 e. The van der Waals surface area contributed by atoms with Crippen LogP contribution >= 0.6 is 0 Å². The van der Waals surface area contributed by atoms with Crippen LogP contribution in [-0.4, -0.2) is 24.3 Å². The summed E-state index contributed by atoms with van der Waals surface area (Å²) in [5.41, 5.74) is -0.190. The lowest BCUT2D eigenvalue weighted by Crippen LogP contribution is -2.02. The quantitative estimate of drug-likeness (QED) is 0.834. The average Bonchev–Trinajstić information content (AvgIpc) is 2.26. The molecule has 4 nitrogen and oxygen atoms in total. The van der Waals surface area contributed by atoms with Gasteiger partial charge < -0.3 is 14.6 Å². The van der Waals surface area contributed by atoms with Crippen LogP contribution in [0.5, 0.6) is 11.6 Å². The van der Waals surface area contributed by atoms with Gasteiger partial charge in [-0.15, -0.1) is 0 Å². The maximum Gasteiger partial charge on any atom is 0.280 e. The van der Waals surface area contributed by atoms with Gasteiger partial charge in [0.1, 0.15) is 11.4 Å². The Morgan fingerprint density at radius 3 is 2.47 bits per heavy atom. The standard InChI is InChI=1S/C9H11F2NO3/c1-14-7-3-6(8(10)11)12-9(15-2)5(7)4-13/h3,8,13H,4H2,1-2H3. The summed E-state index contributed by atoms with van der Waals surface area (Å²) < 4.78 is 34.4. The van der Waals surface area contributed by atoms with Crippen LogP contribution in [0.2, 0.25) is 0 Å². The zero-order valence-corrected chi connectivity index (χ0v) is 8.33. The number of halogens is 2. The molecule has 0 aliphatic heterocycles. The molecule has 0 aromatic carbocycles. The summed E-state index contributed by atoms with van der Waals surface area (Å²) in [6, 6.07) is 1.08. The number of aromatic nitrogens is 1. The highest BCUT2D eigenvalue weighted by atomic mass is 19.3. The van der Waals surface area contributed by atoms with Crippen molar-refractivity contribution < 1.29 is 23.4 Å². The van der Waals surface area contributed by atoms with Crippen LogP contribution in [0.15, 0.2) is 6.07 Å². The highest BCUT2D eigenvalue weighted by molar-refractivity contribution is 5.41. The summed E-state index contributed by atoms with van der Waals surface area (Å²) >= 11 is 0. The first kappa shape index (κ1) is 11.6. The van der Waals surface area contributed by atoms with Gasteiger partial charge in [0.2, 0.25) is 5.88 Å². The van der Waals surface area contributed by atoms with Gasteiger partial charge in [-0.1, -0.05) is 0 Å². The van der Waals surface area contributed by atoms with Gasteiger partial charge in [-0.05, 0) is 0 Å². The molecule has 0 atom stereocenters. The number of rotatable bonds is 4. The number of aliphatic hydroxyl groups excluding tert-OH is 1. The second-order valence-electron chi connectivity index (χ2n) is 2.70. The fourth-order valence-corrected chi connectivity index (χ4v) is 1.15. The Kier molecular flexibility index (Phi) is 3.79. The summed E-state index contributed by atoms with van der Waals surface area (Å²) in [5, 5.41) is 9.00. The van der Waals surface area contributed by atoms with Gasteiger partial charge >= 0.3 is 0 Å². The predicted octanol–water partition coefficient (Wildman–Crippen LogP) is 1.53. The minimum atomic E-state index is -2.71. The normalized spacial score (nSPS) is 10.5. The van der Waals surface area contributed by atoms with E-state index in [4.69, 9.17) is 14.6 Å². The van der Waals surface area contributed by atoms with Crippen LogP contribution in [0.3, 0.4) is 0 Å². The number of ether oxygens (including phenoxy) is 2. The van der Waals surface area contributed by atoms with E-state index in [1.54, 1.807) is 0 Å². The molecule has 0 bridgehead atoms. The molecule has 0 aliphatic carbocycles. The Hall–Kier alpha value is -1.43. The molecule has 1 aromatic rings. The molecular weight excluding hydrogens is 208 g/mol. The van der Waals surface area contributed by atoms with E-state index in [1.807, 2.05) is 0 Å². The lowest BCUT2D eigenvalue weighted by atomic mass is 10.2. The fraction of sp³-hybridized carbons (Fsp3) is 0.444. The zero-order chi connectivity index (χ0) is 11.4. The van der Waals surface area contributed by atoms with E-state index in [1.165, 1.54) is 14.2 Å². The second-order valence-corrected chi connectivity index (χ2v) is 2.70. The highest BCUT2D eigenvalue weighted by Crippen LogP contribution is 2.31. The lowest BCUT2D eigenvalue weighted by Gasteiger charge is -2.12.